The summed E-state index contributed by atoms with van der Waals surface area (Å²) in [7, 11) is 0. The van der Waals surface area contributed by atoms with Crippen molar-refractivity contribution in [3.8, 4) is 0 Å². The molecule has 2 aliphatic heterocycles. The highest BCUT2D eigenvalue weighted by Gasteiger charge is 2.50. The maximum atomic E-state index is 11.4. The van der Waals surface area contributed by atoms with E-state index in [2.05, 4.69) is 54.4 Å². The van der Waals surface area contributed by atoms with Crippen molar-refractivity contribution < 1.29 is 5.11 Å². The molecule has 1 aliphatic carbocycles. The molecule has 3 atom stereocenters. The fourth-order valence-electron chi connectivity index (χ4n) is 6.23. The van der Waals surface area contributed by atoms with Crippen LogP contribution in [0.15, 0.2) is 30.3 Å². The fraction of sp³-hybridized carbons (Fsp3) is 0.760. The highest BCUT2D eigenvalue weighted by atomic mass is 16.3. The van der Waals surface area contributed by atoms with Crippen molar-refractivity contribution in [2.24, 2.45) is 0 Å². The predicted molar refractivity (Wildman–Crippen MR) is 117 cm³/mol. The van der Waals surface area contributed by atoms with Gasteiger partial charge >= 0.3 is 0 Å². The summed E-state index contributed by atoms with van der Waals surface area (Å²) in [6, 6.07) is 11.8. The monoisotopic (exact) mass is 384 g/mol. The lowest BCUT2D eigenvalue weighted by atomic mass is 9.65. The van der Waals surface area contributed by atoms with Crippen LogP contribution in [0.2, 0.25) is 0 Å². The summed E-state index contributed by atoms with van der Waals surface area (Å²) in [5.74, 6) is 0. The van der Waals surface area contributed by atoms with Crippen LogP contribution in [0.4, 0.5) is 0 Å². The Morgan fingerprint density at radius 1 is 1.07 bits per heavy atom. The van der Waals surface area contributed by atoms with E-state index in [1.54, 1.807) is 0 Å². The summed E-state index contributed by atoms with van der Waals surface area (Å²) in [5.41, 5.74) is 1.39. The zero-order chi connectivity index (χ0) is 19.7. The molecule has 0 bridgehead atoms. The number of nitrogens with zero attached hydrogens (tertiary/aromatic N) is 1. The third-order valence-electron chi connectivity index (χ3n) is 8.15. The highest BCUT2D eigenvalue weighted by molar-refractivity contribution is 5.27. The third-order valence-corrected chi connectivity index (χ3v) is 8.15. The van der Waals surface area contributed by atoms with Gasteiger partial charge in [0.05, 0.1) is 5.60 Å². The second-order valence-electron chi connectivity index (χ2n) is 10.5. The molecule has 1 aromatic carbocycles. The normalized spacial score (nSPS) is 37.1. The SMILES string of the molecule is CC1(c2ccccc2)CCC2(C)CC(O)(CCCNC3CCCC3)CCN2C1. The molecule has 3 aliphatic rings. The summed E-state index contributed by atoms with van der Waals surface area (Å²) < 4.78 is 0. The molecule has 0 radical (unpaired) electrons. The molecule has 0 spiro atoms. The number of hydrogen-bond acceptors (Lipinski definition) is 3. The number of aliphatic hydroxyl groups is 1. The second-order valence-corrected chi connectivity index (χ2v) is 10.5. The number of benzene rings is 1. The maximum Gasteiger partial charge on any atom is 0.0678 e. The Kier molecular flexibility index (Phi) is 5.88. The molecule has 2 saturated heterocycles. The van der Waals surface area contributed by atoms with E-state index in [-0.39, 0.29) is 11.0 Å². The smallest absolute Gasteiger partial charge is 0.0678 e. The molecular formula is C25H40N2O. The van der Waals surface area contributed by atoms with Crippen molar-refractivity contribution in [1.82, 2.24) is 10.2 Å². The van der Waals surface area contributed by atoms with Crippen LogP contribution < -0.4 is 5.32 Å². The topological polar surface area (TPSA) is 35.5 Å². The minimum Gasteiger partial charge on any atom is -0.390 e. The second kappa shape index (κ2) is 8.08. The molecule has 156 valence electrons. The Hall–Kier alpha value is -0.900. The number of piperidine rings is 2. The first-order valence-electron chi connectivity index (χ1n) is 11.7. The molecule has 4 rings (SSSR count). The van der Waals surface area contributed by atoms with Gasteiger partial charge in [0, 0.05) is 30.1 Å². The van der Waals surface area contributed by atoms with Crippen molar-refractivity contribution >= 4 is 0 Å². The molecule has 0 aromatic heterocycles. The van der Waals surface area contributed by atoms with Gasteiger partial charge < -0.3 is 10.4 Å². The molecule has 1 aromatic rings. The number of fused-ring (bicyclic) bond motifs is 1. The zero-order valence-electron chi connectivity index (χ0n) is 18.1. The van der Waals surface area contributed by atoms with Crippen molar-refractivity contribution in [1.29, 1.82) is 0 Å². The zero-order valence-corrected chi connectivity index (χ0v) is 18.1. The average molecular weight is 385 g/mol. The summed E-state index contributed by atoms with van der Waals surface area (Å²) in [4.78, 5) is 2.69. The van der Waals surface area contributed by atoms with Crippen LogP contribution in [0.25, 0.3) is 0 Å². The van der Waals surface area contributed by atoms with E-state index < -0.39 is 5.60 Å². The third kappa shape index (κ3) is 4.32. The van der Waals surface area contributed by atoms with Crippen LogP contribution >= 0.6 is 0 Å². The number of rotatable bonds is 6. The molecule has 1 saturated carbocycles. The van der Waals surface area contributed by atoms with Gasteiger partial charge in [0.2, 0.25) is 0 Å². The van der Waals surface area contributed by atoms with Crippen LogP contribution in [0.5, 0.6) is 0 Å². The predicted octanol–water partition coefficient (Wildman–Crippen LogP) is 4.64. The first-order valence-corrected chi connectivity index (χ1v) is 11.7. The van der Waals surface area contributed by atoms with Crippen molar-refractivity contribution in [3.63, 3.8) is 0 Å². The minimum atomic E-state index is -0.469. The quantitative estimate of drug-likeness (QED) is 0.702. The standard InChI is InChI=1S/C25H40N2O/c1-23(21-9-4-3-5-10-21)14-15-24(2)19-25(28,16-18-27(24)20-23)13-8-17-26-22-11-6-7-12-22/h3-5,9-10,22,26,28H,6-8,11-20H2,1-2H3. The van der Waals surface area contributed by atoms with Crippen molar-refractivity contribution in [2.75, 3.05) is 19.6 Å². The van der Waals surface area contributed by atoms with Crippen LogP contribution in [-0.2, 0) is 5.41 Å². The Morgan fingerprint density at radius 3 is 2.57 bits per heavy atom. The molecule has 3 fully saturated rings. The van der Waals surface area contributed by atoms with Gasteiger partial charge in [-0.3, -0.25) is 4.90 Å². The van der Waals surface area contributed by atoms with E-state index in [9.17, 15) is 5.11 Å². The van der Waals surface area contributed by atoms with E-state index in [0.29, 0.717) is 0 Å². The lowest BCUT2D eigenvalue weighted by Gasteiger charge is -2.57. The van der Waals surface area contributed by atoms with E-state index in [1.807, 2.05) is 0 Å². The number of hydrogen-bond donors (Lipinski definition) is 2. The Labute approximate surface area is 171 Å². The largest absolute Gasteiger partial charge is 0.390 e. The Morgan fingerprint density at radius 2 is 1.82 bits per heavy atom. The van der Waals surface area contributed by atoms with Gasteiger partial charge in [-0.25, -0.2) is 0 Å². The average Bonchev–Trinajstić information content (AvgIpc) is 3.20. The number of nitrogens with one attached hydrogen (secondary N) is 1. The first kappa shape index (κ1) is 20.4. The van der Waals surface area contributed by atoms with Gasteiger partial charge in [-0.1, -0.05) is 50.1 Å². The maximum absolute atomic E-state index is 11.4. The lowest BCUT2D eigenvalue weighted by molar-refractivity contribution is -0.111. The molecular weight excluding hydrogens is 344 g/mol. The van der Waals surface area contributed by atoms with Gasteiger partial charge in [-0.2, -0.15) is 0 Å². The van der Waals surface area contributed by atoms with Crippen LogP contribution in [0.1, 0.15) is 83.6 Å². The van der Waals surface area contributed by atoms with Gasteiger partial charge in [0.15, 0.2) is 0 Å². The minimum absolute atomic E-state index is 0.153. The van der Waals surface area contributed by atoms with E-state index >= 15 is 0 Å². The van der Waals surface area contributed by atoms with Crippen molar-refractivity contribution in [2.45, 2.75) is 101 Å². The highest BCUT2D eigenvalue weighted by Crippen LogP contribution is 2.47. The summed E-state index contributed by atoms with van der Waals surface area (Å²) >= 11 is 0. The molecule has 28 heavy (non-hydrogen) atoms. The van der Waals surface area contributed by atoms with E-state index in [1.165, 1.54) is 44.1 Å². The Balaban J connectivity index is 1.32. The first-order chi connectivity index (χ1) is 13.4. The van der Waals surface area contributed by atoms with Gasteiger partial charge in [0.1, 0.15) is 0 Å². The summed E-state index contributed by atoms with van der Waals surface area (Å²) in [6.07, 6.45) is 11.8. The van der Waals surface area contributed by atoms with Crippen molar-refractivity contribution in [3.05, 3.63) is 35.9 Å². The van der Waals surface area contributed by atoms with Crippen LogP contribution in [0.3, 0.4) is 0 Å². The van der Waals surface area contributed by atoms with Crippen LogP contribution in [-0.4, -0.2) is 46.8 Å². The van der Waals surface area contributed by atoms with Gasteiger partial charge in [-0.15, -0.1) is 0 Å². The molecule has 2 heterocycles. The molecule has 3 unspecified atom stereocenters. The Bertz CT molecular complexity index is 643. The van der Waals surface area contributed by atoms with E-state index in [0.717, 1.165) is 51.4 Å². The molecule has 3 nitrogen and oxygen atoms in total. The molecule has 3 heteroatoms. The van der Waals surface area contributed by atoms with Gasteiger partial charge in [0.25, 0.3) is 0 Å². The summed E-state index contributed by atoms with van der Waals surface area (Å²) in [6.45, 7) is 8.05. The fourth-order valence-corrected chi connectivity index (χ4v) is 6.23. The lowest BCUT2D eigenvalue weighted by Crippen LogP contribution is -2.63. The molecule has 0 amide bonds. The molecule has 2 N–H and O–H groups in total. The van der Waals surface area contributed by atoms with Gasteiger partial charge in [-0.05, 0) is 70.4 Å². The summed E-state index contributed by atoms with van der Waals surface area (Å²) in [5, 5.41) is 15.1. The van der Waals surface area contributed by atoms with E-state index in [4.69, 9.17) is 0 Å². The van der Waals surface area contributed by atoms with Crippen LogP contribution in [0, 0.1) is 0 Å².